The molecule has 5 N–H and O–H groups in total. The Kier molecular flexibility index (Phi) is 7.70. The molecule has 1 saturated heterocycles. The molecule has 4 atom stereocenters. The van der Waals surface area contributed by atoms with Gasteiger partial charge in [-0.3, -0.25) is 4.57 Å². The molecule has 3 rings (SSSR count). The Labute approximate surface area is 167 Å². The van der Waals surface area contributed by atoms with E-state index in [2.05, 4.69) is 10.3 Å². The first-order valence-corrected chi connectivity index (χ1v) is 9.37. The first-order chi connectivity index (χ1) is 12.7. The van der Waals surface area contributed by atoms with Gasteiger partial charge >= 0.3 is 0 Å². The van der Waals surface area contributed by atoms with Crippen molar-refractivity contribution in [3.05, 3.63) is 22.2 Å². The van der Waals surface area contributed by atoms with Crippen LogP contribution in [0.2, 0.25) is 10.0 Å². The first kappa shape index (κ1) is 22.2. The highest BCUT2D eigenvalue weighted by Crippen LogP contribution is 2.37. The fraction of sp³-hybridized carbons (Fsp3) is 0.588. The summed E-state index contributed by atoms with van der Waals surface area (Å²) in [5, 5.41) is 41.1. The van der Waals surface area contributed by atoms with Gasteiger partial charge in [-0.25, -0.2) is 4.98 Å². The highest BCUT2D eigenvalue weighted by molar-refractivity contribution is 6.42. The number of fused-ring (bicyclic) bond motifs is 1. The van der Waals surface area contributed by atoms with Crippen molar-refractivity contribution in [3.8, 4) is 0 Å². The zero-order valence-corrected chi connectivity index (χ0v) is 16.8. The Morgan fingerprint density at radius 1 is 1.19 bits per heavy atom. The van der Waals surface area contributed by atoms with Crippen molar-refractivity contribution in [2.24, 2.45) is 0 Å². The number of hydrogen-bond acceptors (Lipinski definition) is 7. The fourth-order valence-corrected chi connectivity index (χ4v) is 3.12. The zero-order valence-electron chi connectivity index (χ0n) is 15.3. The van der Waals surface area contributed by atoms with Gasteiger partial charge in [-0.2, -0.15) is 0 Å². The summed E-state index contributed by atoms with van der Waals surface area (Å²) in [4.78, 5) is 4.48. The van der Waals surface area contributed by atoms with Gasteiger partial charge in [0.1, 0.15) is 18.3 Å². The maximum Gasteiger partial charge on any atom is 0.206 e. The van der Waals surface area contributed by atoms with E-state index in [-0.39, 0.29) is 12.6 Å². The van der Waals surface area contributed by atoms with Crippen LogP contribution in [-0.2, 0) is 4.74 Å². The Morgan fingerprint density at radius 2 is 1.78 bits per heavy atom. The third-order valence-corrected chi connectivity index (χ3v) is 4.64. The van der Waals surface area contributed by atoms with Crippen molar-refractivity contribution in [1.82, 2.24) is 9.55 Å². The lowest BCUT2D eigenvalue weighted by Crippen LogP contribution is -2.33. The monoisotopic (exact) mass is 421 g/mol. The van der Waals surface area contributed by atoms with Gasteiger partial charge in [0.15, 0.2) is 6.23 Å². The second-order valence-electron chi connectivity index (χ2n) is 6.40. The number of imidazole rings is 1. The molecule has 1 aromatic heterocycles. The van der Waals surface area contributed by atoms with E-state index in [0.717, 1.165) is 0 Å². The van der Waals surface area contributed by atoms with Crippen LogP contribution in [0.25, 0.3) is 11.0 Å². The lowest BCUT2D eigenvalue weighted by molar-refractivity contribution is -0.0499. The summed E-state index contributed by atoms with van der Waals surface area (Å²) in [5.74, 6) is 0.452. The molecule has 2 aromatic rings. The quantitative estimate of drug-likeness (QED) is 0.510. The standard InChI is InChI=1S/C15H19Cl2N3O4.C2H6O/c1-6(2)18-15-19-9-3-7(16)8(17)4-10(9)20(15)14-13(23)12(22)11(5-21)24-14;1-2-3/h3-4,6,11-14,21-23H,5H2,1-2H3,(H,18,19);3H,2H2,1H3/t11-,12-,13-,14-;/m0./s1. The normalized spacial score (nSPS) is 25.0. The topological polar surface area (TPSA) is 120 Å². The Morgan fingerprint density at radius 3 is 2.30 bits per heavy atom. The van der Waals surface area contributed by atoms with E-state index in [1.165, 1.54) is 0 Å². The number of nitrogens with one attached hydrogen (secondary N) is 1. The summed E-state index contributed by atoms with van der Waals surface area (Å²) < 4.78 is 7.26. The van der Waals surface area contributed by atoms with Crippen LogP contribution in [0.15, 0.2) is 12.1 Å². The molecule has 10 heteroatoms. The van der Waals surface area contributed by atoms with Crippen molar-refractivity contribution >= 4 is 40.2 Å². The van der Waals surface area contributed by atoms with Crippen LogP contribution >= 0.6 is 23.2 Å². The summed E-state index contributed by atoms with van der Waals surface area (Å²) in [7, 11) is 0. The number of halogens is 2. The Hall–Kier alpha value is -1.13. The molecule has 8 nitrogen and oxygen atoms in total. The van der Waals surface area contributed by atoms with Crippen LogP contribution in [0.1, 0.15) is 27.0 Å². The number of hydrogen-bond donors (Lipinski definition) is 5. The lowest BCUT2D eigenvalue weighted by Gasteiger charge is -2.21. The predicted octanol–water partition coefficient (Wildman–Crippen LogP) is 1.77. The number of aliphatic hydroxyl groups excluding tert-OH is 4. The first-order valence-electron chi connectivity index (χ1n) is 8.61. The summed E-state index contributed by atoms with van der Waals surface area (Å²) in [6.45, 7) is 5.42. The van der Waals surface area contributed by atoms with Crippen LogP contribution in [0, 0.1) is 0 Å². The van der Waals surface area contributed by atoms with Gasteiger partial charge in [0.2, 0.25) is 5.95 Å². The van der Waals surface area contributed by atoms with Gasteiger partial charge in [0.05, 0.1) is 27.7 Å². The molecular weight excluding hydrogens is 397 g/mol. The highest BCUT2D eigenvalue weighted by Gasteiger charge is 2.44. The molecule has 0 radical (unpaired) electrons. The Bertz CT molecular complexity index is 771. The van der Waals surface area contributed by atoms with Gasteiger partial charge in [-0.15, -0.1) is 0 Å². The summed E-state index contributed by atoms with van der Waals surface area (Å²) in [5.41, 5.74) is 1.17. The largest absolute Gasteiger partial charge is 0.397 e. The van der Waals surface area contributed by atoms with Crippen molar-refractivity contribution in [2.75, 3.05) is 18.5 Å². The van der Waals surface area contributed by atoms with E-state index in [9.17, 15) is 15.3 Å². The smallest absolute Gasteiger partial charge is 0.206 e. The minimum atomic E-state index is -1.22. The fourth-order valence-electron chi connectivity index (χ4n) is 2.80. The summed E-state index contributed by atoms with van der Waals surface area (Å²) in [6, 6.07) is 3.33. The average molecular weight is 422 g/mol. The van der Waals surface area contributed by atoms with E-state index in [1.807, 2.05) is 13.8 Å². The second kappa shape index (κ2) is 9.38. The van der Waals surface area contributed by atoms with Crippen molar-refractivity contribution in [2.45, 2.75) is 51.4 Å². The molecule has 1 fully saturated rings. The number of benzene rings is 1. The van der Waals surface area contributed by atoms with Crippen molar-refractivity contribution in [1.29, 1.82) is 0 Å². The van der Waals surface area contributed by atoms with Gasteiger partial charge in [0.25, 0.3) is 0 Å². The van der Waals surface area contributed by atoms with Crippen LogP contribution in [0.5, 0.6) is 0 Å². The van der Waals surface area contributed by atoms with Crippen molar-refractivity contribution in [3.63, 3.8) is 0 Å². The SMILES string of the molecule is CC(C)Nc1nc2cc(Cl)c(Cl)cc2n1[C@H]1O[C@@H](CO)[C@H](O)[C@@H]1O.CCO. The number of rotatable bonds is 4. The molecule has 0 spiro atoms. The van der Waals surface area contributed by atoms with Crippen LogP contribution in [0.3, 0.4) is 0 Å². The highest BCUT2D eigenvalue weighted by atomic mass is 35.5. The number of aromatic nitrogens is 2. The third-order valence-electron chi connectivity index (χ3n) is 3.92. The van der Waals surface area contributed by atoms with Gasteiger partial charge in [-0.1, -0.05) is 23.2 Å². The molecule has 27 heavy (non-hydrogen) atoms. The average Bonchev–Trinajstić information content (AvgIpc) is 3.06. The van der Waals surface area contributed by atoms with Crippen LogP contribution in [0.4, 0.5) is 5.95 Å². The molecule has 0 amide bonds. The van der Waals surface area contributed by atoms with Gasteiger partial charge in [0, 0.05) is 12.6 Å². The minimum Gasteiger partial charge on any atom is -0.397 e. The molecule has 0 saturated carbocycles. The number of nitrogens with zero attached hydrogens (tertiary/aromatic N) is 2. The van der Waals surface area contributed by atoms with E-state index in [4.69, 9.17) is 33.0 Å². The molecular formula is C17H25Cl2N3O5. The van der Waals surface area contributed by atoms with Crippen LogP contribution < -0.4 is 5.32 Å². The van der Waals surface area contributed by atoms with E-state index < -0.39 is 31.1 Å². The van der Waals surface area contributed by atoms with E-state index >= 15 is 0 Å². The molecule has 0 unspecified atom stereocenters. The summed E-state index contributed by atoms with van der Waals surface area (Å²) >= 11 is 12.2. The van der Waals surface area contributed by atoms with Crippen molar-refractivity contribution < 1.29 is 25.2 Å². The number of aliphatic hydroxyl groups is 4. The lowest BCUT2D eigenvalue weighted by atomic mass is 10.1. The maximum atomic E-state index is 10.4. The molecule has 0 aliphatic carbocycles. The predicted molar refractivity (Wildman–Crippen MR) is 104 cm³/mol. The molecule has 0 bridgehead atoms. The van der Waals surface area contributed by atoms with Gasteiger partial charge in [-0.05, 0) is 32.9 Å². The van der Waals surface area contributed by atoms with E-state index in [0.29, 0.717) is 27.0 Å². The van der Waals surface area contributed by atoms with Gasteiger partial charge < -0.3 is 30.5 Å². The molecule has 1 aliphatic rings. The van der Waals surface area contributed by atoms with Crippen LogP contribution in [-0.4, -0.2) is 67.5 Å². The minimum absolute atomic E-state index is 0.0728. The number of anilines is 1. The third kappa shape index (κ3) is 4.65. The molecule has 1 aliphatic heterocycles. The number of ether oxygens (including phenoxy) is 1. The zero-order chi connectivity index (χ0) is 20.3. The Balaban J connectivity index is 0.000000817. The summed E-state index contributed by atoms with van der Waals surface area (Å²) in [6.07, 6.45) is -4.22. The molecule has 152 valence electrons. The molecule has 1 aromatic carbocycles. The van der Waals surface area contributed by atoms with E-state index in [1.54, 1.807) is 23.6 Å². The maximum absolute atomic E-state index is 10.4. The molecule has 2 heterocycles. The second-order valence-corrected chi connectivity index (χ2v) is 7.22.